The van der Waals surface area contributed by atoms with E-state index in [2.05, 4.69) is 32.8 Å². The normalized spacial score (nSPS) is 10.1. The zero-order valence-corrected chi connectivity index (χ0v) is 12.5. The molecule has 0 unspecified atom stereocenters. The van der Waals surface area contributed by atoms with E-state index in [1.54, 1.807) is 12.1 Å². The molecular weight excluding hydrogens is 320 g/mol. The first kappa shape index (κ1) is 14.3. The van der Waals surface area contributed by atoms with Crippen LogP contribution in [0.1, 0.15) is 21.5 Å². The maximum absolute atomic E-state index is 12.2. The summed E-state index contributed by atoms with van der Waals surface area (Å²) in [5, 5.41) is 2.74. The number of hydrogen-bond donors (Lipinski definition) is 2. The largest absolute Gasteiger partial charge is 0.328 e. The van der Waals surface area contributed by atoms with Gasteiger partial charge in [-0.2, -0.15) is 0 Å². The van der Waals surface area contributed by atoms with Gasteiger partial charge in [-0.15, -0.1) is 0 Å². The number of aromatic nitrogens is 1. The van der Waals surface area contributed by atoms with Crippen LogP contribution in [0.5, 0.6) is 0 Å². The molecule has 0 saturated heterocycles. The highest BCUT2D eigenvalue weighted by atomic mass is 79.9. The van der Waals surface area contributed by atoms with E-state index in [1.807, 2.05) is 19.1 Å². The van der Waals surface area contributed by atoms with E-state index in [0.29, 0.717) is 11.3 Å². The summed E-state index contributed by atoms with van der Waals surface area (Å²) in [4.78, 5) is 26.4. The Morgan fingerprint density at radius 1 is 1.45 bits per heavy atom. The van der Waals surface area contributed by atoms with Gasteiger partial charge in [0.15, 0.2) is 0 Å². The molecule has 0 aliphatic carbocycles. The van der Waals surface area contributed by atoms with Crippen LogP contribution >= 0.6 is 15.9 Å². The molecule has 0 bridgehead atoms. The zero-order valence-electron chi connectivity index (χ0n) is 10.9. The summed E-state index contributed by atoms with van der Waals surface area (Å²) >= 11 is 3.40. The van der Waals surface area contributed by atoms with Crippen LogP contribution in [0.2, 0.25) is 0 Å². The Labute approximate surface area is 124 Å². The van der Waals surface area contributed by atoms with Gasteiger partial charge in [0, 0.05) is 16.4 Å². The molecule has 5 heteroatoms. The number of carbonyl (C=O) groups is 1. The molecule has 102 valence electrons. The second-order valence-corrected chi connectivity index (χ2v) is 5.10. The lowest BCUT2D eigenvalue weighted by atomic mass is 10.1. The number of nitrogens with one attached hydrogen (secondary N) is 2. The fourth-order valence-electron chi connectivity index (χ4n) is 1.72. The van der Waals surface area contributed by atoms with Gasteiger partial charge in [0.2, 0.25) is 0 Å². The van der Waals surface area contributed by atoms with Gasteiger partial charge in [-0.05, 0) is 36.2 Å². The summed E-state index contributed by atoms with van der Waals surface area (Å²) in [5.41, 5.74) is 1.87. The Balaban J connectivity index is 2.35. The van der Waals surface area contributed by atoms with Crippen LogP contribution < -0.4 is 10.9 Å². The highest BCUT2D eigenvalue weighted by Crippen LogP contribution is 2.23. The van der Waals surface area contributed by atoms with Crippen LogP contribution in [0, 0.1) is 6.92 Å². The lowest BCUT2D eigenvalue weighted by Crippen LogP contribution is -2.23. The number of anilines is 1. The molecule has 0 fully saturated rings. The predicted octanol–water partition coefficient (Wildman–Crippen LogP) is 3.34. The average molecular weight is 333 g/mol. The van der Waals surface area contributed by atoms with Gasteiger partial charge in [0.05, 0.1) is 0 Å². The lowest BCUT2D eigenvalue weighted by Gasteiger charge is -2.09. The van der Waals surface area contributed by atoms with Gasteiger partial charge in [-0.3, -0.25) is 9.59 Å². The molecule has 0 radical (unpaired) electrons. The summed E-state index contributed by atoms with van der Waals surface area (Å²) in [6.45, 7) is 5.49. The fraction of sp³-hybridized carbons (Fsp3) is 0.0667. The molecule has 2 N–H and O–H groups in total. The van der Waals surface area contributed by atoms with Gasteiger partial charge < -0.3 is 10.3 Å². The minimum absolute atomic E-state index is 0.0572. The van der Waals surface area contributed by atoms with Crippen molar-refractivity contribution in [3.8, 4) is 0 Å². The first-order valence-corrected chi connectivity index (χ1v) is 6.74. The third kappa shape index (κ3) is 2.88. The number of amides is 1. The van der Waals surface area contributed by atoms with Gasteiger partial charge in [0.1, 0.15) is 5.56 Å². The van der Waals surface area contributed by atoms with E-state index in [-0.39, 0.29) is 5.56 Å². The Kier molecular flexibility index (Phi) is 4.20. The van der Waals surface area contributed by atoms with Crippen LogP contribution in [0.25, 0.3) is 6.08 Å². The van der Waals surface area contributed by atoms with Crippen molar-refractivity contribution in [2.75, 3.05) is 5.32 Å². The summed E-state index contributed by atoms with van der Waals surface area (Å²) in [6.07, 6.45) is 3.08. The highest BCUT2D eigenvalue weighted by molar-refractivity contribution is 9.10. The first-order valence-electron chi connectivity index (χ1n) is 5.94. The van der Waals surface area contributed by atoms with Crippen molar-refractivity contribution >= 4 is 33.6 Å². The minimum Gasteiger partial charge on any atom is -0.328 e. The van der Waals surface area contributed by atoms with Crippen LogP contribution in [0.3, 0.4) is 0 Å². The second kappa shape index (κ2) is 5.88. The van der Waals surface area contributed by atoms with Gasteiger partial charge >= 0.3 is 0 Å². The van der Waals surface area contributed by atoms with Crippen LogP contribution in [0.15, 0.2) is 46.3 Å². The SMILES string of the molecule is C=Cc1c[nH]c(=O)c(C(=O)Nc2cccc(Br)c2C)c1. The maximum Gasteiger partial charge on any atom is 0.261 e. The molecule has 0 aliphatic rings. The van der Waals surface area contributed by atoms with E-state index in [0.717, 1.165) is 10.0 Å². The number of rotatable bonds is 3. The monoisotopic (exact) mass is 332 g/mol. The summed E-state index contributed by atoms with van der Waals surface area (Å²) in [6, 6.07) is 6.99. The van der Waals surface area contributed by atoms with Crippen molar-refractivity contribution in [2.45, 2.75) is 6.92 Å². The molecule has 1 aromatic heterocycles. The van der Waals surface area contributed by atoms with E-state index in [9.17, 15) is 9.59 Å². The number of pyridine rings is 1. The maximum atomic E-state index is 12.2. The van der Waals surface area contributed by atoms with Gasteiger partial charge in [0.25, 0.3) is 11.5 Å². The molecule has 0 aliphatic heterocycles. The third-order valence-corrected chi connectivity index (χ3v) is 3.78. The number of carbonyl (C=O) groups excluding carboxylic acids is 1. The molecule has 0 spiro atoms. The predicted molar refractivity (Wildman–Crippen MR) is 84.0 cm³/mol. The van der Waals surface area contributed by atoms with E-state index in [4.69, 9.17) is 0 Å². The standard InChI is InChI=1S/C15H13BrN2O2/c1-3-10-7-11(14(19)17-8-10)15(20)18-13-6-4-5-12(16)9(13)2/h3-8H,1H2,2H3,(H,17,19)(H,18,20). The van der Waals surface area contributed by atoms with Gasteiger partial charge in [-0.1, -0.05) is 34.7 Å². The Morgan fingerprint density at radius 2 is 2.20 bits per heavy atom. The van der Waals surface area contributed by atoms with Crippen molar-refractivity contribution in [2.24, 2.45) is 0 Å². The van der Waals surface area contributed by atoms with Crippen molar-refractivity contribution in [1.29, 1.82) is 0 Å². The minimum atomic E-state index is -0.448. The van der Waals surface area contributed by atoms with Crippen molar-refractivity contribution in [3.63, 3.8) is 0 Å². The van der Waals surface area contributed by atoms with Crippen molar-refractivity contribution in [1.82, 2.24) is 4.98 Å². The molecule has 2 aromatic rings. The van der Waals surface area contributed by atoms with Crippen LogP contribution in [0.4, 0.5) is 5.69 Å². The highest BCUT2D eigenvalue weighted by Gasteiger charge is 2.12. The number of halogens is 1. The second-order valence-electron chi connectivity index (χ2n) is 4.25. The lowest BCUT2D eigenvalue weighted by molar-refractivity contribution is 0.102. The first-order chi connectivity index (χ1) is 9.52. The summed E-state index contributed by atoms with van der Waals surface area (Å²) in [7, 11) is 0. The molecule has 2 rings (SSSR count). The Morgan fingerprint density at radius 3 is 2.90 bits per heavy atom. The third-order valence-electron chi connectivity index (χ3n) is 2.92. The van der Waals surface area contributed by atoms with Gasteiger partial charge in [-0.25, -0.2) is 0 Å². The van der Waals surface area contributed by atoms with Crippen LogP contribution in [-0.4, -0.2) is 10.9 Å². The summed E-state index contributed by atoms with van der Waals surface area (Å²) < 4.78 is 0.893. The number of H-pyrrole nitrogens is 1. The molecule has 0 atom stereocenters. The average Bonchev–Trinajstić information content (AvgIpc) is 2.44. The van der Waals surface area contributed by atoms with E-state index < -0.39 is 11.5 Å². The van der Waals surface area contributed by atoms with E-state index in [1.165, 1.54) is 12.3 Å². The van der Waals surface area contributed by atoms with Crippen molar-refractivity contribution in [3.05, 3.63) is 68.6 Å². The molecular formula is C15H13BrN2O2. The zero-order chi connectivity index (χ0) is 14.7. The molecule has 1 amide bonds. The molecule has 4 nitrogen and oxygen atoms in total. The quantitative estimate of drug-likeness (QED) is 0.905. The number of benzene rings is 1. The molecule has 0 saturated carbocycles. The topological polar surface area (TPSA) is 62.0 Å². The molecule has 20 heavy (non-hydrogen) atoms. The summed E-state index contributed by atoms with van der Waals surface area (Å²) in [5.74, 6) is -0.448. The molecule has 1 heterocycles. The molecule has 1 aromatic carbocycles. The number of hydrogen-bond acceptors (Lipinski definition) is 2. The van der Waals surface area contributed by atoms with Crippen LogP contribution in [-0.2, 0) is 0 Å². The van der Waals surface area contributed by atoms with E-state index >= 15 is 0 Å². The smallest absolute Gasteiger partial charge is 0.261 e. The Bertz CT molecular complexity index is 735. The fourth-order valence-corrected chi connectivity index (χ4v) is 2.09. The Hall–Kier alpha value is -2.14. The number of aromatic amines is 1. The van der Waals surface area contributed by atoms with Crippen molar-refractivity contribution < 1.29 is 4.79 Å².